The molecule has 0 saturated carbocycles. The van der Waals surface area contributed by atoms with Crippen LogP contribution in [-0.4, -0.2) is 0 Å². The average molecular weight is 323 g/mol. The Hall–Kier alpha value is -1.93. The van der Waals surface area contributed by atoms with Crippen molar-refractivity contribution in [3.63, 3.8) is 0 Å². The fraction of sp³-hybridized carbons (Fsp3) is 0.0714. The molecule has 0 heterocycles. The van der Waals surface area contributed by atoms with Crippen molar-refractivity contribution in [2.75, 3.05) is 5.32 Å². The Labute approximate surface area is 117 Å². The third kappa shape index (κ3) is 2.74. The topological polar surface area (TPSA) is 35.8 Å². The Kier molecular flexibility index (Phi) is 3.82. The number of nitrogens with one attached hydrogen (secondary N) is 1. The van der Waals surface area contributed by atoms with Crippen LogP contribution in [0.1, 0.15) is 11.1 Å². The van der Waals surface area contributed by atoms with E-state index in [0.717, 1.165) is 22.2 Å². The summed E-state index contributed by atoms with van der Waals surface area (Å²) in [6, 6.07) is 9.02. The van der Waals surface area contributed by atoms with Crippen molar-refractivity contribution < 1.29 is 8.78 Å². The Morgan fingerprint density at radius 1 is 1.21 bits per heavy atom. The predicted molar refractivity (Wildman–Crippen MR) is 73.2 cm³/mol. The number of benzene rings is 2. The van der Waals surface area contributed by atoms with Gasteiger partial charge in [0.15, 0.2) is 11.6 Å². The number of halogens is 3. The lowest BCUT2D eigenvalue weighted by atomic mass is 10.1. The van der Waals surface area contributed by atoms with Gasteiger partial charge in [0, 0.05) is 10.2 Å². The first-order valence-corrected chi connectivity index (χ1v) is 6.23. The van der Waals surface area contributed by atoms with Crippen molar-refractivity contribution >= 4 is 27.3 Å². The van der Waals surface area contributed by atoms with Crippen LogP contribution in [0.3, 0.4) is 0 Å². The molecule has 2 aromatic rings. The highest BCUT2D eigenvalue weighted by Gasteiger charge is 2.12. The van der Waals surface area contributed by atoms with E-state index < -0.39 is 11.6 Å². The maximum atomic E-state index is 13.8. The Morgan fingerprint density at radius 3 is 2.42 bits per heavy atom. The molecule has 0 aliphatic carbocycles. The summed E-state index contributed by atoms with van der Waals surface area (Å²) in [6.07, 6.45) is 0. The fourth-order valence-electron chi connectivity index (χ4n) is 1.63. The van der Waals surface area contributed by atoms with Gasteiger partial charge in [-0.3, -0.25) is 0 Å². The lowest BCUT2D eigenvalue weighted by Gasteiger charge is -2.12. The van der Waals surface area contributed by atoms with E-state index in [-0.39, 0.29) is 11.3 Å². The van der Waals surface area contributed by atoms with Crippen molar-refractivity contribution in [1.29, 1.82) is 5.26 Å². The molecule has 0 aliphatic rings. The summed E-state index contributed by atoms with van der Waals surface area (Å²) in [5.74, 6) is -1.59. The monoisotopic (exact) mass is 322 g/mol. The van der Waals surface area contributed by atoms with Crippen molar-refractivity contribution in [2.45, 2.75) is 6.92 Å². The van der Waals surface area contributed by atoms with Gasteiger partial charge in [-0.25, -0.2) is 8.78 Å². The fourth-order valence-corrected chi connectivity index (χ4v) is 2.00. The summed E-state index contributed by atoms with van der Waals surface area (Å²) in [4.78, 5) is 0. The van der Waals surface area contributed by atoms with Crippen molar-refractivity contribution in [3.05, 3.63) is 57.6 Å². The van der Waals surface area contributed by atoms with Crippen molar-refractivity contribution in [3.8, 4) is 6.07 Å². The van der Waals surface area contributed by atoms with Gasteiger partial charge in [0.1, 0.15) is 5.69 Å². The quantitative estimate of drug-likeness (QED) is 0.873. The SMILES string of the molecule is Cc1c(Br)cccc1Nc1c(F)cc(C#N)cc1F. The normalized spacial score (nSPS) is 10.1. The van der Waals surface area contributed by atoms with Gasteiger partial charge in [-0.2, -0.15) is 5.26 Å². The molecule has 0 amide bonds. The molecular formula is C14H9BrF2N2. The van der Waals surface area contributed by atoms with Gasteiger partial charge in [0.05, 0.1) is 11.6 Å². The van der Waals surface area contributed by atoms with E-state index in [1.807, 2.05) is 13.0 Å². The molecular weight excluding hydrogens is 314 g/mol. The van der Waals surface area contributed by atoms with Crippen LogP contribution in [0.25, 0.3) is 0 Å². The van der Waals surface area contributed by atoms with Crippen LogP contribution in [0, 0.1) is 29.9 Å². The van der Waals surface area contributed by atoms with Crippen LogP contribution in [-0.2, 0) is 0 Å². The summed E-state index contributed by atoms with van der Waals surface area (Å²) in [6.45, 7) is 1.83. The van der Waals surface area contributed by atoms with Crippen LogP contribution >= 0.6 is 15.9 Å². The van der Waals surface area contributed by atoms with Gasteiger partial charge in [-0.05, 0) is 36.8 Å². The molecule has 5 heteroatoms. The standard InChI is InChI=1S/C14H9BrF2N2/c1-8-10(15)3-2-4-13(8)19-14-11(16)5-9(7-18)6-12(14)17/h2-6,19H,1H3. The summed E-state index contributed by atoms with van der Waals surface area (Å²) >= 11 is 3.35. The molecule has 0 saturated heterocycles. The first kappa shape index (κ1) is 13.5. The third-order valence-electron chi connectivity index (χ3n) is 2.70. The van der Waals surface area contributed by atoms with Gasteiger partial charge in [-0.15, -0.1) is 0 Å². The predicted octanol–water partition coefficient (Wildman–Crippen LogP) is 4.65. The van der Waals surface area contributed by atoms with E-state index in [9.17, 15) is 8.78 Å². The van der Waals surface area contributed by atoms with E-state index in [2.05, 4.69) is 21.2 Å². The van der Waals surface area contributed by atoms with Gasteiger partial charge in [-0.1, -0.05) is 22.0 Å². The summed E-state index contributed by atoms with van der Waals surface area (Å²) < 4.78 is 28.3. The second-order valence-electron chi connectivity index (χ2n) is 3.96. The largest absolute Gasteiger partial charge is 0.350 e. The zero-order chi connectivity index (χ0) is 14.0. The number of nitriles is 1. The highest BCUT2D eigenvalue weighted by atomic mass is 79.9. The molecule has 19 heavy (non-hydrogen) atoms. The zero-order valence-electron chi connectivity index (χ0n) is 9.97. The lowest BCUT2D eigenvalue weighted by Crippen LogP contribution is -2.00. The minimum Gasteiger partial charge on any atom is -0.350 e. The van der Waals surface area contributed by atoms with Crippen LogP contribution in [0.5, 0.6) is 0 Å². The highest BCUT2D eigenvalue weighted by Crippen LogP contribution is 2.29. The first-order valence-electron chi connectivity index (χ1n) is 5.44. The average Bonchev–Trinajstić information content (AvgIpc) is 2.38. The molecule has 0 fully saturated rings. The second-order valence-corrected chi connectivity index (χ2v) is 4.82. The van der Waals surface area contributed by atoms with Crippen LogP contribution in [0.15, 0.2) is 34.8 Å². The molecule has 0 radical (unpaired) electrons. The minimum atomic E-state index is -0.795. The molecule has 96 valence electrons. The second kappa shape index (κ2) is 5.37. The minimum absolute atomic E-state index is 0.0495. The van der Waals surface area contributed by atoms with E-state index in [1.54, 1.807) is 18.2 Å². The zero-order valence-corrected chi connectivity index (χ0v) is 11.6. The Morgan fingerprint density at radius 2 is 1.84 bits per heavy atom. The molecule has 0 spiro atoms. The maximum Gasteiger partial charge on any atom is 0.150 e. The number of hydrogen-bond acceptors (Lipinski definition) is 2. The molecule has 0 atom stereocenters. The summed E-state index contributed by atoms with van der Waals surface area (Å²) in [5, 5.41) is 11.3. The van der Waals surface area contributed by atoms with E-state index in [4.69, 9.17) is 5.26 Å². The molecule has 1 N–H and O–H groups in total. The van der Waals surface area contributed by atoms with Gasteiger partial charge >= 0.3 is 0 Å². The van der Waals surface area contributed by atoms with Gasteiger partial charge in [0.2, 0.25) is 0 Å². The molecule has 0 aliphatic heterocycles. The van der Waals surface area contributed by atoms with E-state index in [1.165, 1.54) is 0 Å². The number of hydrogen-bond donors (Lipinski definition) is 1. The van der Waals surface area contributed by atoms with E-state index >= 15 is 0 Å². The number of nitrogens with zero attached hydrogens (tertiary/aromatic N) is 1. The summed E-state index contributed by atoms with van der Waals surface area (Å²) in [5.41, 5.74) is 1.12. The van der Waals surface area contributed by atoms with Crippen LogP contribution in [0.2, 0.25) is 0 Å². The molecule has 2 rings (SSSR count). The summed E-state index contributed by atoms with van der Waals surface area (Å²) in [7, 11) is 0. The van der Waals surface area contributed by atoms with E-state index in [0.29, 0.717) is 5.69 Å². The molecule has 0 bridgehead atoms. The maximum absolute atomic E-state index is 13.8. The molecule has 0 aromatic heterocycles. The van der Waals surface area contributed by atoms with Gasteiger partial charge < -0.3 is 5.32 Å². The number of rotatable bonds is 2. The molecule has 0 unspecified atom stereocenters. The Bertz CT molecular complexity index is 655. The van der Waals surface area contributed by atoms with Crippen molar-refractivity contribution in [2.24, 2.45) is 0 Å². The smallest absolute Gasteiger partial charge is 0.150 e. The molecule has 2 nitrogen and oxygen atoms in total. The van der Waals surface area contributed by atoms with Crippen LogP contribution < -0.4 is 5.32 Å². The highest BCUT2D eigenvalue weighted by molar-refractivity contribution is 9.10. The van der Waals surface area contributed by atoms with Gasteiger partial charge in [0.25, 0.3) is 0 Å². The Balaban J connectivity index is 2.45. The first-order chi connectivity index (χ1) is 9.02. The van der Waals surface area contributed by atoms with Crippen LogP contribution in [0.4, 0.5) is 20.2 Å². The lowest BCUT2D eigenvalue weighted by molar-refractivity contribution is 0.590. The molecule has 2 aromatic carbocycles. The third-order valence-corrected chi connectivity index (χ3v) is 3.56. The van der Waals surface area contributed by atoms with Crippen molar-refractivity contribution in [1.82, 2.24) is 0 Å². The number of anilines is 2.